The number of halogens is 1. The van der Waals surface area contributed by atoms with E-state index in [0.29, 0.717) is 17.8 Å². The van der Waals surface area contributed by atoms with Crippen LogP contribution >= 0.6 is 11.8 Å². The highest BCUT2D eigenvalue weighted by atomic mass is 32.2. The van der Waals surface area contributed by atoms with E-state index in [2.05, 4.69) is 5.32 Å². The van der Waals surface area contributed by atoms with Crippen LogP contribution < -0.4 is 16.0 Å². The van der Waals surface area contributed by atoms with E-state index in [1.165, 1.54) is 6.07 Å². The minimum Gasteiger partial charge on any atom is -0.369 e. The van der Waals surface area contributed by atoms with Gasteiger partial charge in [0.2, 0.25) is 5.91 Å². The van der Waals surface area contributed by atoms with Crippen molar-refractivity contribution < 1.29 is 9.18 Å². The summed E-state index contributed by atoms with van der Waals surface area (Å²) in [5.41, 5.74) is 6.86. The highest BCUT2D eigenvalue weighted by Gasteiger charge is 2.17. The van der Waals surface area contributed by atoms with Crippen LogP contribution in [0, 0.1) is 5.82 Å². The SMILES string of the molecule is CSCC[C@@H](N)C(=O)Nc1ccc(N2CCCC2)c(F)c1. The van der Waals surface area contributed by atoms with E-state index in [1.54, 1.807) is 23.9 Å². The summed E-state index contributed by atoms with van der Waals surface area (Å²) in [6.45, 7) is 1.78. The lowest BCUT2D eigenvalue weighted by Gasteiger charge is -2.19. The number of carbonyl (C=O) groups excluding carboxylic acids is 1. The molecule has 2 rings (SSSR count). The minimum absolute atomic E-state index is 0.266. The first kappa shape index (κ1) is 16.1. The summed E-state index contributed by atoms with van der Waals surface area (Å²) in [6.07, 6.45) is 4.78. The minimum atomic E-state index is -0.557. The van der Waals surface area contributed by atoms with Gasteiger partial charge in [0.1, 0.15) is 5.82 Å². The van der Waals surface area contributed by atoms with Crippen molar-refractivity contribution in [3.05, 3.63) is 24.0 Å². The Balaban J connectivity index is 1.98. The molecule has 0 spiro atoms. The van der Waals surface area contributed by atoms with E-state index in [9.17, 15) is 9.18 Å². The van der Waals surface area contributed by atoms with Gasteiger partial charge in [-0.25, -0.2) is 4.39 Å². The summed E-state index contributed by atoms with van der Waals surface area (Å²) in [7, 11) is 0. The first-order valence-corrected chi connectivity index (χ1v) is 8.61. The van der Waals surface area contributed by atoms with E-state index in [-0.39, 0.29) is 11.7 Å². The average Bonchev–Trinajstić information content (AvgIpc) is 2.98. The van der Waals surface area contributed by atoms with Gasteiger partial charge in [0.15, 0.2) is 0 Å². The van der Waals surface area contributed by atoms with E-state index < -0.39 is 6.04 Å². The van der Waals surface area contributed by atoms with Crippen molar-refractivity contribution >= 4 is 29.0 Å². The predicted octanol–water partition coefficient (Wildman–Crippen LogP) is 2.44. The number of benzene rings is 1. The number of anilines is 2. The Hall–Kier alpha value is -1.27. The summed E-state index contributed by atoms with van der Waals surface area (Å²) >= 11 is 1.65. The van der Waals surface area contributed by atoms with Gasteiger partial charge in [0.05, 0.1) is 11.7 Å². The second kappa shape index (κ2) is 7.66. The molecule has 1 aliphatic rings. The third-order valence-corrected chi connectivity index (χ3v) is 4.28. The lowest BCUT2D eigenvalue weighted by atomic mass is 10.2. The van der Waals surface area contributed by atoms with Gasteiger partial charge >= 0.3 is 0 Å². The molecule has 1 heterocycles. The van der Waals surface area contributed by atoms with Crippen molar-refractivity contribution in [2.45, 2.75) is 25.3 Å². The third-order valence-electron chi connectivity index (χ3n) is 3.63. The summed E-state index contributed by atoms with van der Waals surface area (Å²) < 4.78 is 14.1. The fourth-order valence-electron chi connectivity index (χ4n) is 2.41. The van der Waals surface area contributed by atoms with Crippen LogP contribution in [0.2, 0.25) is 0 Å². The zero-order valence-corrected chi connectivity index (χ0v) is 13.1. The second-order valence-electron chi connectivity index (χ2n) is 5.24. The van der Waals surface area contributed by atoms with Crippen LogP contribution in [0.3, 0.4) is 0 Å². The Morgan fingerprint density at radius 1 is 1.48 bits per heavy atom. The Bertz CT molecular complexity index is 492. The molecule has 1 aromatic carbocycles. The number of rotatable bonds is 6. The Kier molecular flexibility index (Phi) is 5.87. The number of amides is 1. The third kappa shape index (κ3) is 4.35. The molecule has 1 aliphatic heterocycles. The molecule has 1 fully saturated rings. The Morgan fingerprint density at radius 3 is 2.81 bits per heavy atom. The molecule has 116 valence electrons. The molecule has 0 aliphatic carbocycles. The highest BCUT2D eigenvalue weighted by molar-refractivity contribution is 7.98. The maximum absolute atomic E-state index is 14.1. The van der Waals surface area contributed by atoms with Crippen molar-refractivity contribution in [1.29, 1.82) is 0 Å². The van der Waals surface area contributed by atoms with E-state index in [4.69, 9.17) is 5.73 Å². The largest absolute Gasteiger partial charge is 0.369 e. The van der Waals surface area contributed by atoms with Crippen LogP contribution in [0.4, 0.5) is 15.8 Å². The van der Waals surface area contributed by atoms with Crippen molar-refractivity contribution in [1.82, 2.24) is 0 Å². The zero-order valence-electron chi connectivity index (χ0n) is 12.3. The molecule has 0 saturated carbocycles. The molecule has 0 radical (unpaired) electrons. The van der Waals surface area contributed by atoms with Gasteiger partial charge in [-0.2, -0.15) is 11.8 Å². The van der Waals surface area contributed by atoms with Crippen LogP contribution in [-0.4, -0.2) is 37.0 Å². The van der Waals surface area contributed by atoms with Crippen LogP contribution in [0.5, 0.6) is 0 Å². The Labute approximate surface area is 129 Å². The first-order valence-electron chi connectivity index (χ1n) is 7.21. The van der Waals surface area contributed by atoms with Crippen LogP contribution in [-0.2, 0) is 4.79 Å². The van der Waals surface area contributed by atoms with Crippen LogP contribution in [0.15, 0.2) is 18.2 Å². The molecular formula is C15H22FN3OS. The first-order chi connectivity index (χ1) is 10.1. The van der Waals surface area contributed by atoms with E-state index in [1.807, 2.05) is 11.2 Å². The molecule has 1 atom stereocenters. The fraction of sp³-hybridized carbons (Fsp3) is 0.533. The van der Waals surface area contributed by atoms with Gasteiger partial charge in [-0.15, -0.1) is 0 Å². The molecule has 4 nitrogen and oxygen atoms in total. The van der Waals surface area contributed by atoms with Crippen molar-refractivity contribution in [3.8, 4) is 0 Å². The van der Waals surface area contributed by atoms with Crippen molar-refractivity contribution in [3.63, 3.8) is 0 Å². The molecule has 0 bridgehead atoms. The van der Waals surface area contributed by atoms with Crippen LogP contribution in [0.1, 0.15) is 19.3 Å². The van der Waals surface area contributed by atoms with Gasteiger partial charge in [0, 0.05) is 18.8 Å². The Morgan fingerprint density at radius 2 is 2.19 bits per heavy atom. The molecule has 3 N–H and O–H groups in total. The maximum Gasteiger partial charge on any atom is 0.241 e. The standard InChI is InChI=1S/C15H22FN3OS/c1-21-9-6-13(17)15(20)18-11-4-5-14(12(16)10-11)19-7-2-3-8-19/h4-5,10,13H,2-3,6-9,17H2,1H3,(H,18,20)/t13-/m1/s1. The van der Waals surface area contributed by atoms with Gasteiger partial charge in [-0.3, -0.25) is 4.79 Å². The lowest BCUT2D eigenvalue weighted by molar-refractivity contribution is -0.117. The van der Waals surface area contributed by atoms with E-state index >= 15 is 0 Å². The number of nitrogens with zero attached hydrogens (tertiary/aromatic N) is 1. The van der Waals surface area contributed by atoms with Gasteiger partial charge < -0.3 is 16.0 Å². The normalized spacial score (nSPS) is 16.0. The fourth-order valence-corrected chi connectivity index (χ4v) is 2.90. The topological polar surface area (TPSA) is 58.4 Å². The molecular weight excluding hydrogens is 289 g/mol. The number of nitrogens with two attached hydrogens (primary N) is 1. The smallest absolute Gasteiger partial charge is 0.241 e. The summed E-state index contributed by atoms with van der Waals surface area (Å²) in [5.74, 6) is 0.265. The van der Waals surface area contributed by atoms with Gasteiger partial charge in [-0.05, 0) is 49.5 Å². The van der Waals surface area contributed by atoms with Crippen molar-refractivity contribution in [2.24, 2.45) is 5.73 Å². The highest BCUT2D eigenvalue weighted by Crippen LogP contribution is 2.26. The van der Waals surface area contributed by atoms with E-state index in [0.717, 1.165) is 31.7 Å². The number of hydrogen-bond acceptors (Lipinski definition) is 4. The molecule has 1 aromatic rings. The summed E-state index contributed by atoms with van der Waals surface area (Å²) in [5, 5.41) is 2.68. The zero-order chi connectivity index (χ0) is 15.2. The predicted molar refractivity (Wildman–Crippen MR) is 87.5 cm³/mol. The molecule has 0 unspecified atom stereocenters. The number of carbonyl (C=O) groups is 1. The monoisotopic (exact) mass is 311 g/mol. The maximum atomic E-state index is 14.1. The lowest BCUT2D eigenvalue weighted by Crippen LogP contribution is -2.36. The molecule has 1 amide bonds. The molecule has 1 saturated heterocycles. The summed E-state index contributed by atoms with van der Waals surface area (Å²) in [4.78, 5) is 13.9. The van der Waals surface area contributed by atoms with Crippen molar-refractivity contribution in [2.75, 3.05) is 35.3 Å². The molecule has 0 aromatic heterocycles. The van der Waals surface area contributed by atoms with Crippen LogP contribution in [0.25, 0.3) is 0 Å². The average molecular weight is 311 g/mol. The number of thioether (sulfide) groups is 1. The van der Waals surface area contributed by atoms with Gasteiger partial charge in [0.25, 0.3) is 0 Å². The van der Waals surface area contributed by atoms with Gasteiger partial charge in [-0.1, -0.05) is 0 Å². The quantitative estimate of drug-likeness (QED) is 0.847. The number of nitrogens with one attached hydrogen (secondary N) is 1. The number of hydrogen-bond donors (Lipinski definition) is 2. The molecule has 21 heavy (non-hydrogen) atoms. The molecule has 6 heteroatoms. The summed E-state index contributed by atoms with van der Waals surface area (Å²) in [6, 6.07) is 4.27. The second-order valence-corrected chi connectivity index (χ2v) is 6.22.